The van der Waals surface area contributed by atoms with Crippen LogP contribution in [0.25, 0.3) is 0 Å². The van der Waals surface area contributed by atoms with Gasteiger partial charge in [0.25, 0.3) is 0 Å². The molecule has 18 heavy (non-hydrogen) atoms. The fraction of sp³-hybridized carbons (Fsp3) is 0.625. The summed E-state index contributed by atoms with van der Waals surface area (Å²) in [6.45, 7) is 10.9. The van der Waals surface area contributed by atoms with Gasteiger partial charge in [0.15, 0.2) is 0 Å². The minimum atomic E-state index is -0.0743. The summed E-state index contributed by atoms with van der Waals surface area (Å²) in [5.41, 5.74) is 9.01. The quantitative estimate of drug-likeness (QED) is 0.862. The van der Waals surface area contributed by atoms with Crippen LogP contribution in [0.4, 0.5) is 0 Å². The fourth-order valence-electron chi connectivity index (χ4n) is 2.64. The number of benzene rings is 1. The highest BCUT2D eigenvalue weighted by molar-refractivity contribution is 5.42. The van der Waals surface area contributed by atoms with Gasteiger partial charge in [-0.3, -0.25) is 0 Å². The molecule has 2 N–H and O–H groups in total. The Kier molecular flexibility index (Phi) is 3.18. The molecule has 0 saturated heterocycles. The molecule has 1 aliphatic rings. The third-order valence-electron chi connectivity index (χ3n) is 3.35. The Morgan fingerprint density at radius 1 is 1.33 bits per heavy atom. The van der Waals surface area contributed by atoms with Gasteiger partial charge in [0.1, 0.15) is 11.4 Å². The van der Waals surface area contributed by atoms with Gasteiger partial charge in [-0.2, -0.15) is 0 Å². The van der Waals surface area contributed by atoms with Crippen molar-refractivity contribution in [2.24, 2.45) is 11.1 Å². The van der Waals surface area contributed by atoms with Crippen molar-refractivity contribution in [3.05, 3.63) is 29.3 Å². The first kappa shape index (κ1) is 13.4. The van der Waals surface area contributed by atoms with E-state index in [9.17, 15) is 0 Å². The minimum absolute atomic E-state index is 0.0743. The largest absolute Gasteiger partial charge is 0.487 e. The Bertz CT molecular complexity index is 443. The van der Waals surface area contributed by atoms with Gasteiger partial charge in [-0.25, -0.2) is 0 Å². The van der Waals surface area contributed by atoms with Gasteiger partial charge in [0.05, 0.1) is 0 Å². The van der Waals surface area contributed by atoms with Crippen molar-refractivity contribution in [3.63, 3.8) is 0 Å². The predicted molar refractivity (Wildman–Crippen MR) is 75.9 cm³/mol. The maximum atomic E-state index is 6.30. The number of fused-ring (bicyclic) bond motifs is 1. The van der Waals surface area contributed by atoms with E-state index in [1.54, 1.807) is 0 Å². The lowest BCUT2D eigenvalue weighted by Gasteiger charge is -2.23. The van der Waals surface area contributed by atoms with Crippen molar-refractivity contribution < 1.29 is 4.74 Å². The molecule has 2 rings (SSSR count). The Morgan fingerprint density at radius 3 is 2.61 bits per heavy atom. The fourth-order valence-corrected chi connectivity index (χ4v) is 2.64. The molecule has 0 aliphatic carbocycles. The second kappa shape index (κ2) is 4.27. The topological polar surface area (TPSA) is 35.2 Å². The van der Waals surface area contributed by atoms with E-state index < -0.39 is 0 Å². The van der Waals surface area contributed by atoms with Crippen LogP contribution in [0, 0.1) is 5.41 Å². The third-order valence-corrected chi connectivity index (χ3v) is 3.35. The third kappa shape index (κ3) is 3.05. The van der Waals surface area contributed by atoms with Gasteiger partial charge >= 0.3 is 0 Å². The number of rotatable bonds is 2. The molecule has 0 aromatic heterocycles. The molecular formula is C16H25NO. The van der Waals surface area contributed by atoms with Gasteiger partial charge in [0.2, 0.25) is 0 Å². The molecule has 2 nitrogen and oxygen atoms in total. The van der Waals surface area contributed by atoms with Crippen molar-refractivity contribution in [1.29, 1.82) is 0 Å². The smallest absolute Gasteiger partial charge is 0.123 e. The summed E-state index contributed by atoms with van der Waals surface area (Å²) in [6.07, 6.45) is 1.97. The molecular weight excluding hydrogens is 222 g/mol. The van der Waals surface area contributed by atoms with Crippen LogP contribution in [0.3, 0.4) is 0 Å². The lowest BCUT2D eigenvalue weighted by Crippen LogP contribution is -2.24. The second-order valence-electron chi connectivity index (χ2n) is 7.28. The SMILES string of the molecule is CC(C)(C)CC(N)c1ccc2c(c1)CC(C)(C)O2. The molecule has 100 valence electrons. The average Bonchev–Trinajstić information content (AvgIpc) is 2.47. The second-order valence-corrected chi connectivity index (χ2v) is 7.28. The van der Waals surface area contributed by atoms with E-state index in [0.717, 1.165) is 18.6 Å². The van der Waals surface area contributed by atoms with Crippen LogP contribution >= 0.6 is 0 Å². The molecule has 1 unspecified atom stereocenters. The van der Waals surface area contributed by atoms with Crippen molar-refractivity contribution in [3.8, 4) is 5.75 Å². The number of ether oxygens (including phenoxy) is 1. The first-order valence-corrected chi connectivity index (χ1v) is 6.74. The van der Waals surface area contributed by atoms with Crippen LogP contribution in [0.1, 0.15) is 58.2 Å². The maximum Gasteiger partial charge on any atom is 0.123 e. The van der Waals surface area contributed by atoms with Crippen LogP contribution in [-0.2, 0) is 6.42 Å². The van der Waals surface area contributed by atoms with E-state index in [1.807, 2.05) is 0 Å². The van der Waals surface area contributed by atoms with Crippen molar-refractivity contribution in [1.82, 2.24) is 0 Å². The highest BCUT2D eigenvalue weighted by Crippen LogP contribution is 2.37. The molecule has 0 amide bonds. The Labute approximate surface area is 111 Å². The van der Waals surface area contributed by atoms with E-state index in [-0.39, 0.29) is 17.1 Å². The summed E-state index contributed by atoms with van der Waals surface area (Å²) in [4.78, 5) is 0. The first-order chi connectivity index (χ1) is 8.16. The molecule has 1 aliphatic heterocycles. The van der Waals surface area contributed by atoms with Crippen LogP contribution in [0.5, 0.6) is 5.75 Å². The normalized spacial score (nSPS) is 19.2. The molecule has 0 fully saturated rings. The first-order valence-electron chi connectivity index (χ1n) is 6.74. The van der Waals surface area contributed by atoms with Crippen molar-refractivity contribution in [2.75, 3.05) is 0 Å². The summed E-state index contributed by atoms with van der Waals surface area (Å²) in [5, 5.41) is 0. The monoisotopic (exact) mass is 247 g/mol. The zero-order valence-corrected chi connectivity index (χ0v) is 12.2. The Hall–Kier alpha value is -1.02. The lowest BCUT2D eigenvalue weighted by atomic mass is 9.85. The van der Waals surface area contributed by atoms with E-state index >= 15 is 0 Å². The summed E-state index contributed by atoms with van der Waals surface area (Å²) >= 11 is 0. The average molecular weight is 247 g/mol. The summed E-state index contributed by atoms with van der Waals surface area (Å²) < 4.78 is 5.89. The minimum Gasteiger partial charge on any atom is -0.487 e. The standard InChI is InChI=1S/C16H25NO/c1-15(2,3)10-13(17)11-6-7-14-12(8-11)9-16(4,5)18-14/h6-8,13H,9-10,17H2,1-5H3. The molecule has 2 heteroatoms. The van der Waals surface area contributed by atoms with E-state index in [4.69, 9.17) is 10.5 Å². The number of nitrogens with two attached hydrogens (primary N) is 1. The molecule has 0 spiro atoms. The Morgan fingerprint density at radius 2 is 2.00 bits per heavy atom. The van der Waals surface area contributed by atoms with Gasteiger partial charge in [-0.05, 0) is 42.9 Å². The number of hydrogen-bond donors (Lipinski definition) is 1. The van der Waals surface area contributed by atoms with Crippen LogP contribution in [0.15, 0.2) is 18.2 Å². The molecule has 1 aromatic rings. The zero-order valence-electron chi connectivity index (χ0n) is 12.2. The predicted octanol–water partition coefficient (Wildman–Crippen LogP) is 3.84. The van der Waals surface area contributed by atoms with Crippen molar-refractivity contribution in [2.45, 2.75) is 59.1 Å². The molecule has 0 bridgehead atoms. The van der Waals surface area contributed by atoms with Crippen LogP contribution in [0.2, 0.25) is 0 Å². The van der Waals surface area contributed by atoms with Gasteiger partial charge in [-0.15, -0.1) is 0 Å². The summed E-state index contributed by atoms with van der Waals surface area (Å²) in [5.74, 6) is 1.02. The zero-order chi connectivity index (χ0) is 13.6. The lowest BCUT2D eigenvalue weighted by molar-refractivity contribution is 0.138. The van der Waals surface area contributed by atoms with Crippen LogP contribution < -0.4 is 10.5 Å². The summed E-state index contributed by atoms with van der Waals surface area (Å²) in [6, 6.07) is 6.51. The highest BCUT2D eigenvalue weighted by Gasteiger charge is 2.30. The van der Waals surface area contributed by atoms with Crippen molar-refractivity contribution >= 4 is 0 Å². The van der Waals surface area contributed by atoms with E-state index in [0.29, 0.717) is 0 Å². The van der Waals surface area contributed by atoms with E-state index in [2.05, 4.69) is 52.8 Å². The van der Waals surface area contributed by atoms with E-state index in [1.165, 1.54) is 11.1 Å². The molecule has 0 radical (unpaired) electrons. The molecule has 1 atom stereocenters. The molecule has 1 aromatic carbocycles. The maximum absolute atomic E-state index is 6.30. The number of hydrogen-bond acceptors (Lipinski definition) is 2. The summed E-state index contributed by atoms with van der Waals surface area (Å²) in [7, 11) is 0. The molecule has 1 heterocycles. The van der Waals surface area contributed by atoms with Gasteiger partial charge < -0.3 is 10.5 Å². The molecule has 0 saturated carbocycles. The van der Waals surface area contributed by atoms with Crippen LogP contribution in [-0.4, -0.2) is 5.60 Å². The highest BCUT2D eigenvalue weighted by atomic mass is 16.5. The Balaban J connectivity index is 2.18. The van der Waals surface area contributed by atoms with Gasteiger partial charge in [0, 0.05) is 12.5 Å². The van der Waals surface area contributed by atoms with Gasteiger partial charge in [-0.1, -0.05) is 32.9 Å².